The summed E-state index contributed by atoms with van der Waals surface area (Å²) in [5, 5.41) is 12.3. The number of aromatic nitrogens is 3. The van der Waals surface area contributed by atoms with Gasteiger partial charge in [-0.3, -0.25) is 19.3 Å². The topological polar surface area (TPSA) is 91.8 Å². The number of nitrogens with one attached hydrogen (secondary N) is 3. The average molecular weight is 333 g/mol. The van der Waals surface area contributed by atoms with Gasteiger partial charge >= 0.3 is 0 Å². The van der Waals surface area contributed by atoms with Crippen LogP contribution in [0.4, 0.5) is 0 Å². The molecule has 2 amide bonds. The first kappa shape index (κ1) is 16.9. The van der Waals surface area contributed by atoms with Crippen molar-refractivity contribution in [2.45, 2.75) is 20.4 Å². The summed E-state index contributed by atoms with van der Waals surface area (Å²) in [4.78, 5) is 22.8. The van der Waals surface area contributed by atoms with E-state index in [1.807, 2.05) is 31.2 Å². The van der Waals surface area contributed by atoms with Gasteiger partial charge in [0.25, 0.3) is 0 Å². The second-order valence-electron chi connectivity index (χ2n) is 5.14. The number of rotatable bonds is 6. The summed E-state index contributed by atoms with van der Waals surface area (Å²) in [6, 6.07) is 7.83. The number of carbonyl (C=O) groups excluding carboxylic acids is 2. The molecular formula is C15H19N5O2S. The number of aryl methyl sites for hydroxylation is 1. The number of nitrogens with zero attached hydrogens (tertiary/aromatic N) is 2. The molecule has 0 aliphatic rings. The standard InChI is InChI=1S/C15H19N5O2S/c1-10-3-5-12(6-4-10)14-18-19-15(23)20(14)9-13(22)17-8-7-16-11(2)21/h3-6H,7-9H2,1-2H3,(H,16,21)(H,17,22)(H,19,23). The van der Waals surface area contributed by atoms with E-state index in [9.17, 15) is 9.59 Å². The lowest BCUT2D eigenvalue weighted by Crippen LogP contribution is -2.35. The Labute approximate surface area is 139 Å². The summed E-state index contributed by atoms with van der Waals surface area (Å²) in [7, 11) is 0. The van der Waals surface area contributed by atoms with Crippen molar-refractivity contribution in [3.63, 3.8) is 0 Å². The predicted octanol–water partition coefficient (Wildman–Crippen LogP) is 1.17. The van der Waals surface area contributed by atoms with Gasteiger partial charge in [-0.2, -0.15) is 5.10 Å². The molecule has 0 aliphatic heterocycles. The molecule has 2 rings (SSSR count). The van der Waals surface area contributed by atoms with E-state index >= 15 is 0 Å². The Bertz CT molecular complexity index is 748. The van der Waals surface area contributed by atoms with Crippen molar-refractivity contribution in [1.82, 2.24) is 25.4 Å². The van der Waals surface area contributed by atoms with E-state index < -0.39 is 0 Å². The van der Waals surface area contributed by atoms with Gasteiger partial charge in [-0.15, -0.1) is 0 Å². The number of aromatic amines is 1. The second-order valence-corrected chi connectivity index (χ2v) is 5.52. The van der Waals surface area contributed by atoms with E-state index in [4.69, 9.17) is 12.2 Å². The molecule has 0 atom stereocenters. The van der Waals surface area contributed by atoms with Crippen molar-refractivity contribution in [2.24, 2.45) is 0 Å². The maximum Gasteiger partial charge on any atom is 0.240 e. The molecule has 0 fully saturated rings. The van der Waals surface area contributed by atoms with Gasteiger partial charge in [0.05, 0.1) is 0 Å². The van der Waals surface area contributed by atoms with Crippen LogP contribution in [0.25, 0.3) is 11.4 Å². The number of hydrogen-bond donors (Lipinski definition) is 3. The highest BCUT2D eigenvalue weighted by atomic mass is 32.1. The lowest BCUT2D eigenvalue weighted by Gasteiger charge is -2.08. The van der Waals surface area contributed by atoms with Gasteiger partial charge in [-0.25, -0.2) is 0 Å². The molecular weight excluding hydrogens is 314 g/mol. The Morgan fingerprint density at radius 2 is 1.87 bits per heavy atom. The molecule has 0 saturated heterocycles. The number of carbonyl (C=O) groups is 2. The molecule has 0 saturated carbocycles. The summed E-state index contributed by atoms with van der Waals surface area (Å²) in [6.07, 6.45) is 0. The third-order valence-electron chi connectivity index (χ3n) is 3.19. The summed E-state index contributed by atoms with van der Waals surface area (Å²) >= 11 is 5.19. The highest BCUT2D eigenvalue weighted by molar-refractivity contribution is 7.71. The van der Waals surface area contributed by atoms with E-state index in [-0.39, 0.29) is 18.4 Å². The van der Waals surface area contributed by atoms with Crippen molar-refractivity contribution in [2.75, 3.05) is 13.1 Å². The van der Waals surface area contributed by atoms with Crippen LogP contribution in [0, 0.1) is 11.7 Å². The molecule has 1 heterocycles. The van der Waals surface area contributed by atoms with Crippen LogP contribution < -0.4 is 10.6 Å². The van der Waals surface area contributed by atoms with Crippen LogP contribution in [-0.4, -0.2) is 39.7 Å². The Morgan fingerprint density at radius 3 is 2.52 bits per heavy atom. The van der Waals surface area contributed by atoms with Crippen LogP contribution in [-0.2, 0) is 16.1 Å². The second kappa shape index (κ2) is 7.68. The average Bonchev–Trinajstić information content (AvgIpc) is 2.86. The first-order valence-electron chi connectivity index (χ1n) is 7.21. The summed E-state index contributed by atoms with van der Waals surface area (Å²) in [5.74, 6) is 0.297. The van der Waals surface area contributed by atoms with Gasteiger partial charge in [0.1, 0.15) is 6.54 Å². The minimum absolute atomic E-state index is 0.0681. The minimum Gasteiger partial charge on any atom is -0.355 e. The van der Waals surface area contributed by atoms with Gasteiger partial charge in [0.15, 0.2) is 10.6 Å². The van der Waals surface area contributed by atoms with E-state index in [1.54, 1.807) is 4.57 Å². The number of H-pyrrole nitrogens is 1. The fourth-order valence-corrected chi connectivity index (χ4v) is 2.22. The monoisotopic (exact) mass is 333 g/mol. The van der Waals surface area contributed by atoms with Crippen molar-refractivity contribution in [3.8, 4) is 11.4 Å². The van der Waals surface area contributed by atoms with Crippen molar-refractivity contribution < 1.29 is 9.59 Å². The van der Waals surface area contributed by atoms with E-state index in [0.717, 1.165) is 11.1 Å². The Hall–Kier alpha value is -2.48. The van der Waals surface area contributed by atoms with Crippen LogP contribution in [0.2, 0.25) is 0 Å². The van der Waals surface area contributed by atoms with Crippen LogP contribution in [0.3, 0.4) is 0 Å². The maximum atomic E-state index is 12.0. The van der Waals surface area contributed by atoms with Gasteiger partial charge in [0.2, 0.25) is 11.8 Å². The van der Waals surface area contributed by atoms with Gasteiger partial charge < -0.3 is 10.6 Å². The molecule has 122 valence electrons. The van der Waals surface area contributed by atoms with Gasteiger partial charge in [-0.05, 0) is 19.1 Å². The van der Waals surface area contributed by atoms with E-state index in [2.05, 4.69) is 20.8 Å². The van der Waals surface area contributed by atoms with Crippen molar-refractivity contribution >= 4 is 24.0 Å². The first-order chi connectivity index (χ1) is 11.0. The largest absolute Gasteiger partial charge is 0.355 e. The third-order valence-corrected chi connectivity index (χ3v) is 3.50. The smallest absolute Gasteiger partial charge is 0.240 e. The minimum atomic E-state index is -0.193. The molecule has 23 heavy (non-hydrogen) atoms. The molecule has 1 aromatic carbocycles. The fraction of sp³-hybridized carbons (Fsp3) is 0.333. The number of amides is 2. The highest BCUT2D eigenvalue weighted by Gasteiger charge is 2.12. The Kier molecular flexibility index (Phi) is 5.64. The molecule has 0 radical (unpaired) electrons. The molecule has 1 aromatic heterocycles. The molecule has 8 heteroatoms. The number of hydrogen-bond acceptors (Lipinski definition) is 4. The van der Waals surface area contributed by atoms with Crippen LogP contribution in [0.5, 0.6) is 0 Å². The summed E-state index contributed by atoms with van der Waals surface area (Å²) in [5.41, 5.74) is 2.03. The predicted molar refractivity (Wildman–Crippen MR) is 89.3 cm³/mol. The molecule has 7 nitrogen and oxygen atoms in total. The zero-order valence-corrected chi connectivity index (χ0v) is 13.9. The zero-order chi connectivity index (χ0) is 16.8. The maximum absolute atomic E-state index is 12.0. The fourth-order valence-electron chi connectivity index (χ4n) is 2.03. The summed E-state index contributed by atoms with van der Waals surface area (Å²) < 4.78 is 2.03. The van der Waals surface area contributed by atoms with Gasteiger partial charge in [0, 0.05) is 25.6 Å². The molecule has 2 aromatic rings. The molecule has 0 aliphatic carbocycles. The van der Waals surface area contributed by atoms with E-state index in [0.29, 0.717) is 23.7 Å². The van der Waals surface area contributed by atoms with Crippen LogP contribution >= 0.6 is 12.2 Å². The molecule has 0 spiro atoms. The van der Waals surface area contributed by atoms with Gasteiger partial charge in [-0.1, -0.05) is 29.8 Å². The van der Waals surface area contributed by atoms with Crippen molar-refractivity contribution in [3.05, 3.63) is 34.6 Å². The normalized spacial score (nSPS) is 10.3. The Morgan fingerprint density at radius 1 is 1.22 bits per heavy atom. The quantitative estimate of drug-likeness (QED) is 0.546. The van der Waals surface area contributed by atoms with E-state index in [1.165, 1.54) is 6.92 Å². The van der Waals surface area contributed by atoms with Crippen LogP contribution in [0.1, 0.15) is 12.5 Å². The lowest BCUT2D eigenvalue weighted by atomic mass is 10.1. The number of benzene rings is 1. The third kappa shape index (κ3) is 4.75. The lowest BCUT2D eigenvalue weighted by molar-refractivity contribution is -0.122. The molecule has 0 unspecified atom stereocenters. The molecule has 0 bridgehead atoms. The first-order valence-corrected chi connectivity index (χ1v) is 7.61. The highest BCUT2D eigenvalue weighted by Crippen LogP contribution is 2.17. The zero-order valence-electron chi connectivity index (χ0n) is 13.0. The Balaban J connectivity index is 2.04. The SMILES string of the molecule is CC(=O)NCCNC(=O)Cn1c(-c2ccc(C)cc2)n[nH]c1=S. The summed E-state index contributed by atoms with van der Waals surface area (Å²) in [6.45, 7) is 4.26. The molecule has 3 N–H and O–H groups in total. The van der Waals surface area contributed by atoms with Crippen LogP contribution in [0.15, 0.2) is 24.3 Å². The van der Waals surface area contributed by atoms with Crippen molar-refractivity contribution in [1.29, 1.82) is 0 Å².